The van der Waals surface area contributed by atoms with Crippen molar-refractivity contribution in [3.63, 3.8) is 0 Å². The van der Waals surface area contributed by atoms with Gasteiger partial charge in [0.2, 0.25) is 0 Å². The monoisotopic (exact) mass is 324 g/mol. The van der Waals surface area contributed by atoms with Gasteiger partial charge in [0.05, 0.1) is 0 Å². The van der Waals surface area contributed by atoms with Gasteiger partial charge in [-0.2, -0.15) is 0 Å². The minimum atomic E-state index is -1.40. The Bertz CT molecular complexity index is 274. The molecule has 1 atom stereocenters. The largest absolute Gasteiger partial charge is 0.415 e. The van der Waals surface area contributed by atoms with Gasteiger partial charge in [0.1, 0.15) is 0 Å². The lowest BCUT2D eigenvalue weighted by atomic mass is 10.0. The number of rotatable bonds is 15. The first kappa shape index (κ1) is 21.7. The zero-order chi connectivity index (χ0) is 16.7. The van der Waals surface area contributed by atoms with Gasteiger partial charge < -0.3 is 4.43 Å². The second-order valence-corrected chi connectivity index (χ2v) is 12.0. The van der Waals surface area contributed by atoms with Crippen LogP contribution in [0.4, 0.5) is 0 Å². The van der Waals surface area contributed by atoms with E-state index < -0.39 is 8.32 Å². The van der Waals surface area contributed by atoms with Crippen LogP contribution in [0.5, 0.6) is 0 Å². The van der Waals surface area contributed by atoms with Gasteiger partial charge in [0.15, 0.2) is 8.32 Å². The summed E-state index contributed by atoms with van der Waals surface area (Å²) >= 11 is 0. The molecule has 0 spiro atoms. The van der Waals surface area contributed by atoms with Crippen molar-refractivity contribution < 1.29 is 4.43 Å². The summed E-state index contributed by atoms with van der Waals surface area (Å²) < 4.78 is 6.39. The van der Waals surface area contributed by atoms with Gasteiger partial charge in [-0.05, 0) is 38.9 Å². The van der Waals surface area contributed by atoms with Crippen LogP contribution >= 0.6 is 0 Å². The zero-order valence-electron chi connectivity index (χ0n) is 15.8. The lowest BCUT2D eigenvalue weighted by molar-refractivity contribution is 0.165. The Morgan fingerprint density at radius 2 is 1.32 bits per heavy atom. The smallest absolute Gasteiger partial charge is 0.184 e. The van der Waals surface area contributed by atoms with Crippen LogP contribution in [0.3, 0.4) is 0 Å². The molecule has 2 heteroatoms. The Balaban J connectivity index is 3.76. The number of terminal acetylenes is 1. The van der Waals surface area contributed by atoms with Crippen molar-refractivity contribution in [3.8, 4) is 12.3 Å². The van der Waals surface area contributed by atoms with E-state index in [0.717, 1.165) is 6.42 Å². The molecule has 130 valence electrons. The predicted octanol–water partition coefficient (Wildman–Crippen LogP) is 6.93. The summed E-state index contributed by atoms with van der Waals surface area (Å²) in [6.07, 6.45) is 22.6. The lowest BCUT2D eigenvalue weighted by Crippen LogP contribution is -2.32. The Kier molecular flexibility index (Phi) is 14.2. The molecule has 0 saturated heterocycles. The molecule has 0 aromatic rings. The maximum atomic E-state index is 6.39. The Morgan fingerprint density at radius 3 is 1.82 bits per heavy atom. The first-order valence-corrected chi connectivity index (χ1v) is 13.0. The van der Waals surface area contributed by atoms with Gasteiger partial charge >= 0.3 is 0 Å². The molecule has 0 N–H and O–H groups in total. The van der Waals surface area contributed by atoms with Crippen LogP contribution in [-0.4, -0.2) is 14.4 Å². The van der Waals surface area contributed by atoms with Gasteiger partial charge in [-0.3, -0.25) is 0 Å². The molecule has 0 aliphatic carbocycles. The average Bonchev–Trinajstić information content (AvgIpc) is 2.44. The van der Waals surface area contributed by atoms with Gasteiger partial charge in [0, 0.05) is 12.5 Å². The highest BCUT2D eigenvalue weighted by Gasteiger charge is 2.20. The molecule has 22 heavy (non-hydrogen) atoms. The second-order valence-electron chi connectivity index (χ2n) is 7.57. The van der Waals surface area contributed by atoms with Gasteiger partial charge in [-0.1, -0.05) is 64.7 Å². The van der Waals surface area contributed by atoms with Gasteiger partial charge in [-0.25, -0.2) is 0 Å². The Hall–Kier alpha value is -0.263. The predicted molar refractivity (Wildman–Crippen MR) is 103 cm³/mol. The third kappa shape index (κ3) is 16.1. The maximum Gasteiger partial charge on any atom is 0.184 e. The molecular formula is C20H40OSi. The van der Waals surface area contributed by atoms with E-state index >= 15 is 0 Å². The maximum absolute atomic E-state index is 6.39. The Labute approximate surface area is 141 Å². The Morgan fingerprint density at radius 1 is 0.818 bits per heavy atom. The molecule has 0 aliphatic rings. The summed E-state index contributed by atoms with van der Waals surface area (Å²) in [5, 5.41) is 0. The van der Waals surface area contributed by atoms with Crippen molar-refractivity contribution in [1.29, 1.82) is 0 Å². The topological polar surface area (TPSA) is 9.23 Å². The van der Waals surface area contributed by atoms with Crippen LogP contribution in [0.1, 0.15) is 90.4 Å². The fraction of sp³-hybridized carbons (Fsp3) is 0.900. The van der Waals surface area contributed by atoms with Crippen molar-refractivity contribution in [2.24, 2.45) is 0 Å². The number of hydrogen-bond acceptors (Lipinski definition) is 1. The minimum Gasteiger partial charge on any atom is -0.415 e. The first-order chi connectivity index (χ1) is 10.5. The molecule has 0 amide bonds. The third-order valence-electron chi connectivity index (χ3n) is 4.00. The number of unbranched alkanes of at least 4 members (excludes halogenated alkanes) is 9. The highest BCUT2D eigenvalue weighted by molar-refractivity contribution is 6.69. The molecule has 0 aliphatic heterocycles. The van der Waals surface area contributed by atoms with Crippen LogP contribution in [0.2, 0.25) is 19.6 Å². The molecule has 0 aromatic heterocycles. The van der Waals surface area contributed by atoms with Gasteiger partial charge in [0.25, 0.3) is 0 Å². The second kappa shape index (κ2) is 14.3. The quantitative estimate of drug-likeness (QED) is 0.180. The summed E-state index contributed by atoms with van der Waals surface area (Å²) in [6.45, 7) is 9.23. The molecule has 0 rings (SSSR count). The van der Waals surface area contributed by atoms with Crippen molar-refractivity contribution >= 4 is 8.32 Å². The van der Waals surface area contributed by atoms with Crippen LogP contribution in [-0.2, 0) is 4.43 Å². The summed E-state index contributed by atoms with van der Waals surface area (Å²) in [5.74, 6) is 2.72. The van der Waals surface area contributed by atoms with E-state index in [1.165, 1.54) is 77.0 Å². The van der Waals surface area contributed by atoms with Crippen molar-refractivity contribution in [3.05, 3.63) is 0 Å². The fourth-order valence-electron chi connectivity index (χ4n) is 2.87. The van der Waals surface area contributed by atoms with E-state index in [2.05, 4.69) is 32.5 Å². The standard InChI is InChI=1S/C20H40OSi/c1-6-8-10-12-13-14-15-17-19-20(21-22(3,4)5)18-16-11-9-7-2/h1,20H,7-19H2,2-5H3. The highest BCUT2D eigenvalue weighted by atomic mass is 28.4. The molecule has 0 bridgehead atoms. The molecule has 0 saturated carbocycles. The molecule has 0 radical (unpaired) electrons. The van der Waals surface area contributed by atoms with Crippen LogP contribution in [0.15, 0.2) is 0 Å². The minimum absolute atomic E-state index is 0.518. The fourth-order valence-corrected chi connectivity index (χ4v) is 4.10. The van der Waals surface area contributed by atoms with E-state index in [0.29, 0.717) is 6.10 Å². The SMILES string of the molecule is C#CCCCCCCCCC(CCCCCC)O[Si](C)(C)C. The normalized spacial score (nSPS) is 13.0. The molecule has 0 heterocycles. The van der Waals surface area contributed by atoms with Crippen LogP contribution in [0.25, 0.3) is 0 Å². The van der Waals surface area contributed by atoms with E-state index in [4.69, 9.17) is 10.8 Å². The zero-order valence-corrected chi connectivity index (χ0v) is 16.8. The van der Waals surface area contributed by atoms with E-state index in [-0.39, 0.29) is 0 Å². The summed E-state index contributed by atoms with van der Waals surface area (Å²) in [6, 6.07) is 0. The molecule has 0 aromatic carbocycles. The molecule has 0 fully saturated rings. The van der Waals surface area contributed by atoms with Crippen molar-refractivity contribution in [2.75, 3.05) is 0 Å². The average molecular weight is 325 g/mol. The van der Waals surface area contributed by atoms with Gasteiger partial charge in [-0.15, -0.1) is 12.3 Å². The third-order valence-corrected chi connectivity index (χ3v) is 5.04. The van der Waals surface area contributed by atoms with Crippen molar-refractivity contribution in [1.82, 2.24) is 0 Å². The van der Waals surface area contributed by atoms with E-state index in [1.54, 1.807) is 0 Å². The summed E-state index contributed by atoms with van der Waals surface area (Å²) in [4.78, 5) is 0. The van der Waals surface area contributed by atoms with Crippen molar-refractivity contribution in [2.45, 2.75) is 116 Å². The molecule has 1 nitrogen and oxygen atoms in total. The van der Waals surface area contributed by atoms with E-state index in [9.17, 15) is 0 Å². The van der Waals surface area contributed by atoms with Crippen LogP contribution < -0.4 is 0 Å². The summed E-state index contributed by atoms with van der Waals surface area (Å²) in [5.41, 5.74) is 0. The van der Waals surface area contributed by atoms with Crippen LogP contribution in [0, 0.1) is 12.3 Å². The first-order valence-electron chi connectivity index (χ1n) is 9.61. The highest BCUT2D eigenvalue weighted by Crippen LogP contribution is 2.20. The number of hydrogen-bond donors (Lipinski definition) is 0. The molecular weight excluding hydrogens is 284 g/mol. The van der Waals surface area contributed by atoms with E-state index in [1.807, 2.05) is 0 Å². The lowest BCUT2D eigenvalue weighted by Gasteiger charge is -2.26. The summed E-state index contributed by atoms with van der Waals surface area (Å²) in [7, 11) is -1.40. The molecule has 1 unspecified atom stereocenters.